The lowest BCUT2D eigenvalue weighted by molar-refractivity contribution is 0.685. The molecule has 110 valence electrons. The van der Waals surface area contributed by atoms with Crippen molar-refractivity contribution < 1.29 is 0 Å². The molecule has 2 aromatic rings. The van der Waals surface area contributed by atoms with Gasteiger partial charge in [-0.1, -0.05) is 42.5 Å². The van der Waals surface area contributed by atoms with E-state index in [9.17, 15) is 0 Å². The fraction of sp³-hybridized carbons (Fsp3) is 0.211. The minimum Gasteiger partial charge on any atom is -0.302 e. The lowest BCUT2D eigenvalue weighted by Crippen LogP contribution is -2.30. The molecule has 3 nitrogen and oxygen atoms in total. The van der Waals surface area contributed by atoms with Crippen molar-refractivity contribution >= 4 is 11.9 Å². The molecule has 4 rings (SSSR count). The molecule has 2 heterocycles. The van der Waals surface area contributed by atoms with Crippen LogP contribution in [-0.2, 0) is 0 Å². The number of nitrogens with one attached hydrogen (secondary N) is 1. The van der Waals surface area contributed by atoms with Gasteiger partial charge in [-0.25, -0.2) is 0 Å². The van der Waals surface area contributed by atoms with E-state index in [1.54, 1.807) is 0 Å². The van der Waals surface area contributed by atoms with Gasteiger partial charge in [-0.3, -0.25) is 10.0 Å². The van der Waals surface area contributed by atoms with Gasteiger partial charge in [-0.2, -0.15) is 0 Å². The van der Waals surface area contributed by atoms with Crippen LogP contribution in [0.3, 0.4) is 0 Å². The lowest BCUT2D eigenvalue weighted by atomic mass is 9.99. The highest BCUT2D eigenvalue weighted by Gasteiger charge is 2.29. The Labute approximate surface area is 131 Å². The highest BCUT2D eigenvalue weighted by molar-refractivity contribution is 5.76. The van der Waals surface area contributed by atoms with Crippen molar-refractivity contribution in [3.05, 3.63) is 65.9 Å². The summed E-state index contributed by atoms with van der Waals surface area (Å²) in [6.07, 6.45) is 3.99. The average Bonchev–Trinajstić information content (AvgIpc) is 2.99. The van der Waals surface area contributed by atoms with Crippen LogP contribution in [0.25, 0.3) is 11.1 Å². The van der Waals surface area contributed by atoms with Crippen LogP contribution < -0.4 is 10.4 Å². The summed E-state index contributed by atoms with van der Waals surface area (Å²) in [5.74, 6) is 0.491. The number of hydrazine groups is 1. The summed E-state index contributed by atoms with van der Waals surface area (Å²) in [5, 5.41) is 2.26. The van der Waals surface area contributed by atoms with Crippen molar-refractivity contribution in [1.29, 1.82) is 0 Å². The highest BCUT2D eigenvalue weighted by Crippen LogP contribution is 2.33. The molecule has 1 unspecified atom stereocenters. The molecule has 3 heteroatoms. The Bertz CT molecular complexity index is 747. The first-order chi connectivity index (χ1) is 10.8. The number of rotatable bonds is 2. The first kappa shape index (κ1) is 13.1. The van der Waals surface area contributed by atoms with Crippen molar-refractivity contribution in [3.63, 3.8) is 0 Å². The van der Waals surface area contributed by atoms with Crippen LogP contribution in [0.4, 0.5) is 5.69 Å². The van der Waals surface area contributed by atoms with Gasteiger partial charge in [-0.15, -0.1) is 0 Å². The number of anilines is 1. The fourth-order valence-corrected chi connectivity index (χ4v) is 3.27. The molecule has 2 aliphatic heterocycles. The van der Waals surface area contributed by atoms with Gasteiger partial charge < -0.3 is 5.43 Å². The van der Waals surface area contributed by atoms with Crippen LogP contribution in [0.5, 0.6) is 0 Å². The summed E-state index contributed by atoms with van der Waals surface area (Å²) < 4.78 is 0. The van der Waals surface area contributed by atoms with E-state index < -0.39 is 0 Å². The molecular formula is C19H19N3. The quantitative estimate of drug-likeness (QED) is 0.915. The zero-order chi connectivity index (χ0) is 14.9. The maximum atomic E-state index is 4.37. The zero-order valence-corrected chi connectivity index (χ0v) is 12.7. The normalized spacial score (nSPS) is 19.6. The van der Waals surface area contributed by atoms with Crippen LogP contribution in [0.15, 0.2) is 65.3 Å². The maximum Gasteiger partial charge on any atom is 0.0607 e. The van der Waals surface area contributed by atoms with Gasteiger partial charge >= 0.3 is 0 Å². The standard InChI is InChI=1S/C19H19N3/c1-14-17(15-6-3-2-4-7-15)8-5-9-19(14)22-13-16-12-20-11-10-18(16)21-22/h2-11,16,21H,12-13H2,1H3. The zero-order valence-electron chi connectivity index (χ0n) is 12.7. The molecule has 2 aromatic carbocycles. The molecular weight excluding hydrogens is 270 g/mol. The average molecular weight is 289 g/mol. The number of dihydropyridines is 1. The minimum atomic E-state index is 0.491. The predicted octanol–water partition coefficient (Wildman–Crippen LogP) is 3.57. The first-order valence-corrected chi connectivity index (χ1v) is 7.72. The molecule has 0 aliphatic carbocycles. The molecule has 1 fully saturated rings. The Hall–Kier alpha value is -2.55. The van der Waals surface area contributed by atoms with E-state index in [1.165, 1.54) is 28.1 Å². The van der Waals surface area contributed by atoms with Gasteiger partial charge in [-0.05, 0) is 35.8 Å². The van der Waals surface area contributed by atoms with Crippen molar-refractivity contribution in [3.8, 4) is 11.1 Å². The van der Waals surface area contributed by atoms with Gasteiger partial charge in [0.05, 0.1) is 5.69 Å². The third kappa shape index (κ3) is 2.19. The minimum absolute atomic E-state index is 0.491. The van der Waals surface area contributed by atoms with Crippen molar-refractivity contribution in [2.24, 2.45) is 10.9 Å². The summed E-state index contributed by atoms with van der Waals surface area (Å²) in [4.78, 5) is 4.37. The third-order valence-corrected chi connectivity index (χ3v) is 4.47. The SMILES string of the molecule is Cc1c(-c2ccccc2)cccc1N1CC2CN=CC=C2N1. The smallest absolute Gasteiger partial charge is 0.0607 e. The van der Waals surface area contributed by atoms with Crippen LogP contribution in [0, 0.1) is 12.8 Å². The number of aliphatic imine (C=N–C) groups is 1. The summed E-state index contributed by atoms with van der Waals surface area (Å²) in [5.41, 5.74) is 9.92. The molecule has 2 aliphatic rings. The number of fused-ring (bicyclic) bond motifs is 1. The molecule has 0 bridgehead atoms. The van der Waals surface area contributed by atoms with Crippen molar-refractivity contribution in [1.82, 2.24) is 5.43 Å². The summed E-state index contributed by atoms with van der Waals surface area (Å²) >= 11 is 0. The fourth-order valence-electron chi connectivity index (χ4n) is 3.27. The Morgan fingerprint density at radius 3 is 2.77 bits per heavy atom. The largest absolute Gasteiger partial charge is 0.302 e. The van der Waals surface area contributed by atoms with E-state index in [0.717, 1.165) is 13.1 Å². The predicted molar refractivity (Wildman–Crippen MR) is 92.0 cm³/mol. The molecule has 0 radical (unpaired) electrons. The Morgan fingerprint density at radius 2 is 1.95 bits per heavy atom. The molecule has 0 spiro atoms. The van der Waals surface area contributed by atoms with Crippen LogP contribution in [0.1, 0.15) is 5.56 Å². The molecule has 0 saturated carbocycles. The summed E-state index contributed by atoms with van der Waals surface area (Å²) in [7, 11) is 0. The van der Waals surface area contributed by atoms with Crippen molar-refractivity contribution in [2.45, 2.75) is 6.92 Å². The third-order valence-electron chi connectivity index (χ3n) is 4.47. The monoisotopic (exact) mass is 289 g/mol. The number of benzene rings is 2. The van der Waals surface area contributed by atoms with Gasteiger partial charge in [0.1, 0.15) is 0 Å². The molecule has 22 heavy (non-hydrogen) atoms. The van der Waals surface area contributed by atoms with Crippen LogP contribution >= 0.6 is 0 Å². The summed E-state index contributed by atoms with van der Waals surface area (Å²) in [6.45, 7) is 4.06. The first-order valence-electron chi connectivity index (χ1n) is 7.72. The second-order valence-electron chi connectivity index (χ2n) is 5.87. The Balaban J connectivity index is 1.69. The van der Waals surface area contributed by atoms with E-state index in [0.29, 0.717) is 5.92 Å². The number of hydrogen-bond acceptors (Lipinski definition) is 3. The van der Waals surface area contributed by atoms with E-state index in [4.69, 9.17) is 0 Å². The van der Waals surface area contributed by atoms with Gasteiger partial charge in [0, 0.05) is 30.9 Å². The Morgan fingerprint density at radius 1 is 1.09 bits per heavy atom. The van der Waals surface area contributed by atoms with E-state index >= 15 is 0 Å². The van der Waals surface area contributed by atoms with Crippen molar-refractivity contribution in [2.75, 3.05) is 18.1 Å². The van der Waals surface area contributed by atoms with E-state index in [1.807, 2.05) is 6.21 Å². The number of allylic oxidation sites excluding steroid dienone is 1. The molecule has 0 aromatic heterocycles. The topological polar surface area (TPSA) is 27.6 Å². The van der Waals surface area contributed by atoms with Crippen LogP contribution in [-0.4, -0.2) is 19.3 Å². The number of hydrogen-bond donors (Lipinski definition) is 1. The van der Waals surface area contributed by atoms with Gasteiger partial charge in [0.2, 0.25) is 0 Å². The van der Waals surface area contributed by atoms with Crippen LogP contribution in [0.2, 0.25) is 0 Å². The molecule has 1 atom stereocenters. The second kappa shape index (κ2) is 5.34. The van der Waals surface area contributed by atoms with E-state index in [-0.39, 0.29) is 0 Å². The number of nitrogens with zero attached hydrogens (tertiary/aromatic N) is 2. The molecule has 1 saturated heterocycles. The summed E-state index contributed by atoms with van der Waals surface area (Å²) in [6, 6.07) is 17.1. The maximum absolute atomic E-state index is 4.37. The van der Waals surface area contributed by atoms with Gasteiger partial charge in [0.15, 0.2) is 0 Å². The molecule has 1 N–H and O–H groups in total. The molecule has 0 amide bonds. The highest BCUT2D eigenvalue weighted by atomic mass is 15.5. The van der Waals surface area contributed by atoms with E-state index in [2.05, 4.69) is 77.0 Å². The second-order valence-corrected chi connectivity index (χ2v) is 5.87. The van der Waals surface area contributed by atoms with Gasteiger partial charge in [0.25, 0.3) is 0 Å². The lowest BCUT2D eigenvalue weighted by Gasteiger charge is -2.22. The Kier molecular flexibility index (Phi) is 3.19.